The van der Waals surface area contributed by atoms with Crippen LogP contribution in [0.15, 0.2) is 21.5 Å². The highest BCUT2D eigenvalue weighted by Crippen LogP contribution is 2.26. The van der Waals surface area contributed by atoms with E-state index in [1.807, 2.05) is 0 Å². The molecule has 1 unspecified atom stereocenters. The molecule has 1 atom stereocenters. The standard InChI is InChI=1S/C11H12BrF2NO3S/c12-9-4-7(13)5-10(14)11(9)19(16,17)15-6-8-2-1-3-18-8/h4-5,8,15H,1-3,6H2. The molecule has 0 saturated carbocycles. The maximum absolute atomic E-state index is 13.6. The van der Waals surface area contributed by atoms with Crippen molar-refractivity contribution in [2.45, 2.75) is 23.8 Å². The Labute approximate surface area is 118 Å². The van der Waals surface area contributed by atoms with Gasteiger partial charge in [0.05, 0.1) is 6.10 Å². The Hall–Kier alpha value is -0.570. The molecule has 1 heterocycles. The molecule has 1 N–H and O–H groups in total. The molecular formula is C11H12BrF2NO3S. The van der Waals surface area contributed by atoms with E-state index in [0.29, 0.717) is 12.7 Å². The molecule has 106 valence electrons. The maximum atomic E-state index is 13.6. The number of nitrogens with one attached hydrogen (secondary N) is 1. The zero-order chi connectivity index (χ0) is 14.0. The zero-order valence-corrected chi connectivity index (χ0v) is 12.2. The highest BCUT2D eigenvalue weighted by atomic mass is 79.9. The Morgan fingerprint density at radius 2 is 2.16 bits per heavy atom. The van der Waals surface area contributed by atoms with Crippen LogP contribution in [0.5, 0.6) is 0 Å². The van der Waals surface area contributed by atoms with Gasteiger partial charge in [0.2, 0.25) is 10.0 Å². The van der Waals surface area contributed by atoms with Gasteiger partial charge < -0.3 is 4.74 Å². The number of hydrogen-bond acceptors (Lipinski definition) is 3. The Bertz CT molecular complexity index is 550. The Morgan fingerprint density at radius 1 is 1.42 bits per heavy atom. The lowest BCUT2D eigenvalue weighted by Gasteiger charge is -2.13. The number of ether oxygens (including phenoxy) is 1. The number of halogens is 3. The molecule has 1 aromatic carbocycles. The van der Waals surface area contributed by atoms with Crippen molar-refractivity contribution >= 4 is 26.0 Å². The van der Waals surface area contributed by atoms with E-state index in [0.717, 1.165) is 18.9 Å². The molecule has 0 bridgehead atoms. The van der Waals surface area contributed by atoms with E-state index in [4.69, 9.17) is 4.74 Å². The van der Waals surface area contributed by atoms with Gasteiger partial charge in [-0.15, -0.1) is 0 Å². The van der Waals surface area contributed by atoms with Crippen molar-refractivity contribution < 1.29 is 21.9 Å². The van der Waals surface area contributed by atoms with Gasteiger partial charge in [0.25, 0.3) is 0 Å². The summed E-state index contributed by atoms with van der Waals surface area (Å²) in [5.74, 6) is -1.98. The first-order valence-electron chi connectivity index (χ1n) is 5.66. The summed E-state index contributed by atoms with van der Waals surface area (Å²) in [6.45, 7) is 0.673. The summed E-state index contributed by atoms with van der Waals surface area (Å²) < 4.78 is 57.9. The van der Waals surface area contributed by atoms with Crippen LogP contribution in [0.3, 0.4) is 0 Å². The van der Waals surface area contributed by atoms with Crippen LogP contribution in [0.2, 0.25) is 0 Å². The fourth-order valence-corrected chi connectivity index (χ4v) is 4.09. The van der Waals surface area contributed by atoms with Gasteiger partial charge in [-0.3, -0.25) is 0 Å². The summed E-state index contributed by atoms with van der Waals surface area (Å²) in [6.07, 6.45) is 1.44. The zero-order valence-electron chi connectivity index (χ0n) is 9.83. The van der Waals surface area contributed by atoms with Gasteiger partial charge in [0, 0.05) is 23.7 Å². The summed E-state index contributed by atoms with van der Waals surface area (Å²) in [5.41, 5.74) is 0. The van der Waals surface area contributed by atoms with Crippen molar-refractivity contribution in [1.29, 1.82) is 0 Å². The van der Waals surface area contributed by atoms with Gasteiger partial charge in [-0.05, 0) is 34.8 Å². The van der Waals surface area contributed by atoms with Crippen molar-refractivity contribution in [3.63, 3.8) is 0 Å². The van der Waals surface area contributed by atoms with Crippen molar-refractivity contribution in [2.75, 3.05) is 13.2 Å². The monoisotopic (exact) mass is 355 g/mol. The first kappa shape index (κ1) is 14.8. The van der Waals surface area contributed by atoms with E-state index in [1.54, 1.807) is 0 Å². The summed E-state index contributed by atoms with van der Waals surface area (Å²) in [4.78, 5) is -0.591. The van der Waals surface area contributed by atoms with Gasteiger partial charge in [-0.2, -0.15) is 0 Å². The first-order valence-corrected chi connectivity index (χ1v) is 7.93. The summed E-state index contributed by atoms with van der Waals surface area (Å²) in [5, 5.41) is 0. The lowest BCUT2D eigenvalue weighted by atomic mass is 10.2. The molecule has 19 heavy (non-hydrogen) atoms. The molecule has 1 saturated heterocycles. The van der Waals surface area contributed by atoms with Gasteiger partial charge in [-0.1, -0.05) is 0 Å². The minimum Gasteiger partial charge on any atom is -0.377 e. The van der Waals surface area contributed by atoms with Gasteiger partial charge >= 0.3 is 0 Å². The lowest BCUT2D eigenvalue weighted by Crippen LogP contribution is -2.32. The number of benzene rings is 1. The molecule has 4 nitrogen and oxygen atoms in total. The molecule has 8 heteroatoms. The summed E-state index contributed by atoms with van der Waals surface area (Å²) >= 11 is 2.86. The predicted octanol–water partition coefficient (Wildman–Crippen LogP) is 2.18. The Kier molecular flexibility index (Phi) is 4.54. The fraction of sp³-hybridized carbons (Fsp3) is 0.455. The predicted molar refractivity (Wildman–Crippen MR) is 68.2 cm³/mol. The average molecular weight is 356 g/mol. The molecule has 1 aliphatic rings. The Morgan fingerprint density at radius 3 is 2.74 bits per heavy atom. The second-order valence-corrected chi connectivity index (χ2v) is 6.74. The van der Waals surface area contributed by atoms with E-state index in [-0.39, 0.29) is 17.1 Å². The third-order valence-electron chi connectivity index (χ3n) is 2.76. The summed E-state index contributed by atoms with van der Waals surface area (Å²) in [6, 6.07) is 1.44. The fourth-order valence-electron chi connectivity index (χ4n) is 1.87. The third kappa shape index (κ3) is 3.50. The molecule has 0 amide bonds. The van der Waals surface area contributed by atoms with E-state index in [9.17, 15) is 17.2 Å². The number of sulfonamides is 1. The molecule has 0 aliphatic carbocycles. The molecule has 1 fully saturated rings. The molecule has 2 rings (SSSR count). The van der Waals surface area contributed by atoms with Crippen molar-refractivity contribution in [1.82, 2.24) is 4.72 Å². The van der Waals surface area contributed by atoms with E-state index in [2.05, 4.69) is 20.7 Å². The summed E-state index contributed by atoms with van der Waals surface area (Å²) in [7, 11) is -4.04. The van der Waals surface area contributed by atoms with Gasteiger partial charge in [0.1, 0.15) is 16.5 Å². The van der Waals surface area contributed by atoms with Crippen LogP contribution >= 0.6 is 15.9 Å². The quantitative estimate of drug-likeness (QED) is 0.900. The molecule has 0 aromatic heterocycles. The third-order valence-corrected chi connectivity index (χ3v) is 5.14. The number of hydrogen-bond donors (Lipinski definition) is 1. The van der Waals surface area contributed by atoms with Crippen LogP contribution in [-0.2, 0) is 14.8 Å². The van der Waals surface area contributed by atoms with Crippen LogP contribution in [0.4, 0.5) is 8.78 Å². The molecule has 0 spiro atoms. The van der Waals surface area contributed by atoms with Gasteiger partial charge in [-0.25, -0.2) is 21.9 Å². The highest BCUT2D eigenvalue weighted by Gasteiger charge is 2.25. The van der Waals surface area contributed by atoms with Crippen molar-refractivity contribution in [3.8, 4) is 0 Å². The largest absolute Gasteiger partial charge is 0.377 e. The number of rotatable bonds is 4. The molecule has 1 aliphatic heterocycles. The SMILES string of the molecule is O=S(=O)(NCC1CCCO1)c1c(F)cc(F)cc1Br. The average Bonchev–Trinajstić information content (AvgIpc) is 2.77. The second-order valence-electron chi connectivity index (χ2n) is 4.19. The first-order chi connectivity index (χ1) is 8.90. The second kappa shape index (κ2) is 5.82. The van der Waals surface area contributed by atoms with Crippen molar-refractivity contribution in [3.05, 3.63) is 28.2 Å². The van der Waals surface area contributed by atoms with Crippen LogP contribution < -0.4 is 4.72 Å². The smallest absolute Gasteiger partial charge is 0.244 e. The Balaban J connectivity index is 2.19. The van der Waals surface area contributed by atoms with E-state index < -0.39 is 26.6 Å². The lowest BCUT2D eigenvalue weighted by molar-refractivity contribution is 0.114. The van der Waals surface area contributed by atoms with Crippen LogP contribution in [0.1, 0.15) is 12.8 Å². The van der Waals surface area contributed by atoms with Crippen LogP contribution in [-0.4, -0.2) is 27.7 Å². The van der Waals surface area contributed by atoms with Crippen LogP contribution in [0, 0.1) is 11.6 Å². The maximum Gasteiger partial charge on any atom is 0.244 e. The van der Waals surface area contributed by atoms with E-state index >= 15 is 0 Å². The normalized spacial score (nSPS) is 19.8. The van der Waals surface area contributed by atoms with E-state index in [1.165, 1.54) is 0 Å². The van der Waals surface area contributed by atoms with Crippen molar-refractivity contribution in [2.24, 2.45) is 0 Å². The molecular weight excluding hydrogens is 344 g/mol. The molecule has 1 aromatic rings. The highest BCUT2D eigenvalue weighted by molar-refractivity contribution is 9.10. The van der Waals surface area contributed by atoms with Crippen LogP contribution in [0.25, 0.3) is 0 Å². The van der Waals surface area contributed by atoms with Gasteiger partial charge in [0.15, 0.2) is 0 Å². The minimum absolute atomic E-state index is 0.0750. The topological polar surface area (TPSA) is 55.4 Å². The molecule has 0 radical (unpaired) electrons. The minimum atomic E-state index is -4.04.